The lowest BCUT2D eigenvalue weighted by Gasteiger charge is -2.32. The summed E-state index contributed by atoms with van der Waals surface area (Å²) in [6.07, 6.45) is 11.1. The van der Waals surface area contributed by atoms with E-state index in [-0.39, 0.29) is 6.61 Å². The van der Waals surface area contributed by atoms with Gasteiger partial charge < -0.3 is 19.8 Å². The zero-order chi connectivity index (χ0) is 30.5. The molecular weight excluding hydrogens is 562 g/mol. The number of anilines is 1. The van der Waals surface area contributed by atoms with E-state index in [0.29, 0.717) is 34.4 Å². The first-order valence-electron chi connectivity index (χ1n) is 15.8. The van der Waals surface area contributed by atoms with Crippen molar-refractivity contribution in [1.29, 1.82) is 0 Å². The summed E-state index contributed by atoms with van der Waals surface area (Å²) in [4.78, 5) is 32.3. The van der Waals surface area contributed by atoms with Gasteiger partial charge in [-0.05, 0) is 92.1 Å². The highest BCUT2D eigenvalue weighted by molar-refractivity contribution is 5.96. The van der Waals surface area contributed by atoms with E-state index in [9.17, 15) is 9.90 Å². The third kappa shape index (κ3) is 5.02. The number of nitrogens with one attached hydrogen (secondary N) is 1. The molecule has 45 heavy (non-hydrogen) atoms. The van der Waals surface area contributed by atoms with Crippen molar-refractivity contribution in [3.8, 4) is 22.6 Å². The Labute approximate surface area is 261 Å². The average Bonchev–Trinajstić information content (AvgIpc) is 3.85. The molecule has 2 unspecified atom stereocenters. The van der Waals surface area contributed by atoms with Crippen LogP contribution in [0.4, 0.5) is 5.69 Å². The number of aromatic amines is 1. The molecule has 3 aromatic heterocycles. The number of benzene rings is 2. The summed E-state index contributed by atoms with van der Waals surface area (Å²) in [7, 11) is 2.18. The number of pyridine rings is 1. The quantitative estimate of drug-likeness (QED) is 0.223. The summed E-state index contributed by atoms with van der Waals surface area (Å²) in [6, 6.07) is 17.8. The van der Waals surface area contributed by atoms with Crippen LogP contribution in [-0.2, 0) is 11.4 Å². The minimum Gasteiger partial charge on any atom is -0.392 e. The molecule has 5 heterocycles. The monoisotopic (exact) mass is 597 g/mol. The number of rotatable bonds is 7. The maximum atomic E-state index is 12.5. The van der Waals surface area contributed by atoms with Crippen molar-refractivity contribution in [2.75, 3.05) is 25.1 Å². The van der Waals surface area contributed by atoms with Gasteiger partial charge in [-0.2, -0.15) is 5.10 Å². The predicted octanol–water partition coefficient (Wildman–Crippen LogP) is 5.96. The van der Waals surface area contributed by atoms with Gasteiger partial charge in [0, 0.05) is 34.8 Å². The van der Waals surface area contributed by atoms with Crippen molar-refractivity contribution in [3.63, 3.8) is 0 Å². The Morgan fingerprint density at radius 3 is 2.67 bits per heavy atom. The van der Waals surface area contributed by atoms with Crippen LogP contribution in [0.25, 0.3) is 33.7 Å². The number of aliphatic hydroxyl groups excluding tert-OH is 1. The molecule has 1 saturated carbocycles. The van der Waals surface area contributed by atoms with Gasteiger partial charge in [-0.3, -0.25) is 9.99 Å². The summed E-state index contributed by atoms with van der Waals surface area (Å²) in [5.41, 5.74) is 9.58. The van der Waals surface area contributed by atoms with Gasteiger partial charge in [-0.1, -0.05) is 30.3 Å². The number of hydrogen-bond acceptors (Lipinski definition) is 8. The number of likely N-dealkylation sites (tertiary alicyclic amines) is 1. The molecule has 5 aromatic rings. The van der Waals surface area contributed by atoms with Gasteiger partial charge in [-0.15, -0.1) is 0 Å². The number of hydrogen-bond donors (Lipinski definition) is 2. The Bertz CT molecular complexity index is 1930. The number of fused-ring (bicyclic) bond motifs is 2. The number of aromatic nitrogens is 4. The summed E-state index contributed by atoms with van der Waals surface area (Å²) in [6.45, 7) is 1.96. The standard InChI is InChI=1S/C36H35N7O2/c1-42-13-3-4-25(18-42)24-10-12-31(37-16-24)32-15-29-35(38-21-39-36(29)41-32)28-5-2-6-33(30(28)19-44)43-34(20-45)27-11-9-23(22-7-8-22)14-26(27)17-40-43/h2,5-6,9-12,14-17,20-22,25,34,44H,3-4,7-8,13,18-19H2,1H3,(H,38,39,41). The molecule has 2 N–H and O–H groups in total. The van der Waals surface area contributed by atoms with Crippen molar-refractivity contribution in [2.24, 2.45) is 5.10 Å². The van der Waals surface area contributed by atoms with E-state index in [0.717, 1.165) is 52.8 Å². The van der Waals surface area contributed by atoms with E-state index in [1.54, 1.807) is 5.01 Å². The van der Waals surface area contributed by atoms with Gasteiger partial charge in [0.25, 0.3) is 0 Å². The molecule has 9 heteroatoms. The molecule has 1 aliphatic carbocycles. The van der Waals surface area contributed by atoms with Crippen LogP contribution < -0.4 is 5.01 Å². The molecule has 226 valence electrons. The highest BCUT2D eigenvalue weighted by Crippen LogP contribution is 2.43. The fraction of sp³-hybridized carbons (Fsp3) is 0.306. The fourth-order valence-electron chi connectivity index (χ4n) is 7.03. The van der Waals surface area contributed by atoms with E-state index in [1.165, 1.54) is 43.1 Å². The van der Waals surface area contributed by atoms with E-state index < -0.39 is 6.04 Å². The molecule has 3 aliphatic rings. The van der Waals surface area contributed by atoms with Gasteiger partial charge in [0.05, 0.1) is 35.6 Å². The maximum absolute atomic E-state index is 12.5. The Morgan fingerprint density at radius 1 is 1.00 bits per heavy atom. The number of likely N-dealkylation sites (N-methyl/N-ethyl adjacent to an activating group) is 1. The van der Waals surface area contributed by atoms with Crippen molar-refractivity contribution >= 4 is 29.2 Å². The van der Waals surface area contributed by atoms with Crippen LogP contribution in [0.3, 0.4) is 0 Å². The van der Waals surface area contributed by atoms with Crippen molar-refractivity contribution in [1.82, 2.24) is 24.8 Å². The third-order valence-corrected chi connectivity index (χ3v) is 9.59. The lowest BCUT2D eigenvalue weighted by atomic mass is 9.92. The molecule has 0 amide bonds. The first-order valence-corrected chi connectivity index (χ1v) is 15.8. The Balaban J connectivity index is 1.14. The first kappa shape index (κ1) is 27.8. The fourth-order valence-corrected chi connectivity index (χ4v) is 7.03. The molecule has 2 atom stereocenters. The molecule has 8 rings (SSSR count). The number of nitrogens with zero attached hydrogens (tertiary/aromatic N) is 6. The van der Waals surface area contributed by atoms with Crippen LogP contribution in [0.1, 0.15) is 71.4 Å². The summed E-state index contributed by atoms with van der Waals surface area (Å²) in [5.74, 6) is 1.12. The van der Waals surface area contributed by atoms with Crippen LogP contribution in [0, 0.1) is 0 Å². The van der Waals surface area contributed by atoms with Crippen molar-refractivity contribution in [3.05, 3.63) is 94.9 Å². The predicted molar refractivity (Wildman–Crippen MR) is 175 cm³/mol. The van der Waals surface area contributed by atoms with Crippen molar-refractivity contribution in [2.45, 2.75) is 50.2 Å². The zero-order valence-corrected chi connectivity index (χ0v) is 25.2. The smallest absolute Gasteiger partial charge is 0.149 e. The van der Waals surface area contributed by atoms with Crippen molar-refractivity contribution < 1.29 is 9.90 Å². The molecule has 2 fully saturated rings. The highest BCUT2D eigenvalue weighted by atomic mass is 16.3. The van der Waals surface area contributed by atoms with Gasteiger partial charge in [-0.25, -0.2) is 9.97 Å². The van der Waals surface area contributed by atoms with E-state index >= 15 is 0 Å². The number of carbonyl (C=O) groups excluding carboxylic acids is 1. The number of carbonyl (C=O) groups is 1. The van der Waals surface area contributed by atoms with E-state index in [2.05, 4.69) is 51.2 Å². The topological polar surface area (TPSA) is 111 Å². The molecular formula is C36H35N7O2. The zero-order valence-electron chi connectivity index (χ0n) is 25.2. The van der Waals surface area contributed by atoms with Gasteiger partial charge in [0.2, 0.25) is 0 Å². The second kappa shape index (κ2) is 11.3. The van der Waals surface area contributed by atoms with Crippen LogP contribution in [-0.4, -0.2) is 62.6 Å². The summed E-state index contributed by atoms with van der Waals surface area (Å²) in [5, 5.41) is 18.0. The molecule has 0 spiro atoms. The number of piperidine rings is 1. The Hall–Kier alpha value is -4.73. The average molecular weight is 598 g/mol. The normalized spacial score (nSPS) is 20.0. The van der Waals surface area contributed by atoms with Crippen LogP contribution in [0.2, 0.25) is 0 Å². The maximum Gasteiger partial charge on any atom is 0.149 e. The van der Waals surface area contributed by atoms with E-state index in [4.69, 9.17) is 10.1 Å². The molecule has 1 saturated heterocycles. The molecule has 0 bridgehead atoms. The minimum atomic E-state index is -0.605. The summed E-state index contributed by atoms with van der Waals surface area (Å²) >= 11 is 0. The number of aliphatic hydroxyl groups is 1. The van der Waals surface area contributed by atoms with Gasteiger partial charge >= 0.3 is 0 Å². The lowest BCUT2D eigenvalue weighted by molar-refractivity contribution is -0.109. The van der Waals surface area contributed by atoms with E-state index in [1.807, 2.05) is 42.7 Å². The second-order valence-electron chi connectivity index (χ2n) is 12.5. The molecule has 0 radical (unpaired) electrons. The van der Waals surface area contributed by atoms with Crippen LogP contribution >= 0.6 is 0 Å². The van der Waals surface area contributed by atoms with Crippen LogP contribution in [0.15, 0.2) is 72.2 Å². The van der Waals surface area contributed by atoms with Gasteiger partial charge in [0.15, 0.2) is 0 Å². The number of aldehydes is 1. The Kier molecular flexibility index (Phi) is 6.99. The summed E-state index contributed by atoms with van der Waals surface area (Å²) < 4.78 is 0. The van der Waals surface area contributed by atoms with Gasteiger partial charge in [0.1, 0.15) is 24.3 Å². The molecule has 2 aromatic carbocycles. The SMILES string of the molecule is CN1CCCC(c2ccc(-c3cc4c(-c5cccc(N6N=Cc7cc(C8CC8)ccc7C6C=O)c5CO)ncnc4[nH]3)nc2)C1. The third-order valence-electron chi connectivity index (χ3n) is 9.59. The second-order valence-corrected chi connectivity index (χ2v) is 12.5. The highest BCUT2D eigenvalue weighted by Gasteiger charge is 2.31. The lowest BCUT2D eigenvalue weighted by Crippen LogP contribution is -2.30. The number of H-pyrrole nitrogens is 1. The number of hydrazone groups is 1. The molecule has 9 nitrogen and oxygen atoms in total. The Morgan fingerprint density at radius 2 is 1.89 bits per heavy atom. The molecule has 2 aliphatic heterocycles. The van der Waals surface area contributed by atoms with Crippen LogP contribution in [0.5, 0.6) is 0 Å². The largest absolute Gasteiger partial charge is 0.392 e. The first-order chi connectivity index (χ1) is 22.1. The minimum absolute atomic E-state index is 0.251.